The Balaban J connectivity index is 2.14. The number of aromatic nitrogens is 1. The Morgan fingerprint density at radius 2 is 2.15 bits per heavy atom. The zero-order valence-corrected chi connectivity index (χ0v) is 13.3. The van der Waals surface area contributed by atoms with E-state index in [1.807, 2.05) is 40.0 Å². The summed E-state index contributed by atoms with van der Waals surface area (Å²) in [7, 11) is 1.99. The predicted molar refractivity (Wildman–Crippen MR) is 84.6 cm³/mol. The van der Waals surface area contributed by atoms with Gasteiger partial charge in [-0.1, -0.05) is 12.1 Å². The van der Waals surface area contributed by atoms with Crippen molar-refractivity contribution in [1.29, 1.82) is 0 Å². The lowest BCUT2D eigenvalue weighted by atomic mass is 10.0. The summed E-state index contributed by atoms with van der Waals surface area (Å²) in [5.41, 5.74) is 2.33. The highest BCUT2D eigenvalue weighted by molar-refractivity contribution is 7.09. The first-order valence-corrected chi connectivity index (χ1v) is 7.81. The molecule has 2 aromatic rings. The Morgan fingerprint density at radius 3 is 2.75 bits per heavy atom. The molecule has 20 heavy (non-hydrogen) atoms. The highest BCUT2D eigenvalue weighted by Crippen LogP contribution is 2.24. The van der Waals surface area contributed by atoms with Gasteiger partial charge in [0.15, 0.2) is 0 Å². The van der Waals surface area contributed by atoms with Gasteiger partial charge in [0.2, 0.25) is 0 Å². The van der Waals surface area contributed by atoms with Gasteiger partial charge in [-0.2, -0.15) is 0 Å². The fraction of sp³-hybridized carbons (Fsp3) is 0.438. The van der Waals surface area contributed by atoms with Gasteiger partial charge in [0, 0.05) is 23.5 Å². The van der Waals surface area contributed by atoms with Crippen LogP contribution in [0, 0.1) is 6.92 Å². The minimum atomic E-state index is 0.194. The van der Waals surface area contributed by atoms with E-state index in [0.717, 1.165) is 22.9 Å². The maximum Gasteiger partial charge on any atom is 0.120 e. The summed E-state index contributed by atoms with van der Waals surface area (Å²) < 4.78 is 5.76. The van der Waals surface area contributed by atoms with Gasteiger partial charge in [-0.05, 0) is 45.5 Å². The lowest BCUT2D eigenvalue weighted by Crippen LogP contribution is -2.19. The van der Waals surface area contributed by atoms with Crippen molar-refractivity contribution >= 4 is 11.3 Å². The minimum Gasteiger partial charge on any atom is -0.491 e. The van der Waals surface area contributed by atoms with Gasteiger partial charge >= 0.3 is 0 Å². The van der Waals surface area contributed by atoms with E-state index in [1.165, 1.54) is 5.56 Å². The highest BCUT2D eigenvalue weighted by Gasteiger charge is 2.13. The van der Waals surface area contributed by atoms with Crippen LogP contribution in [0.5, 0.6) is 5.75 Å². The summed E-state index contributed by atoms with van der Waals surface area (Å²) in [6.45, 7) is 6.12. The predicted octanol–water partition coefficient (Wildman–Crippen LogP) is 3.74. The Labute approximate surface area is 125 Å². The molecule has 0 aliphatic carbocycles. The molecular weight excluding hydrogens is 268 g/mol. The molecule has 0 spiro atoms. The third-order valence-electron chi connectivity index (χ3n) is 3.03. The number of benzene rings is 1. The summed E-state index contributed by atoms with van der Waals surface area (Å²) in [6.07, 6.45) is 1.10. The van der Waals surface area contributed by atoms with Crippen molar-refractivity contribution in [2.75, 3.05) is 7.05 Å². The molecule has 0 bridgehead atoms. The summed E-state index contributed by atoms with van der Waals surface area (Å²) >= 11 is 1.72. The molecule has 0 aliphatic rings. The Bertz CT molecular complexity index is 551. The lowest BCUT2D eigenvalue weighted by Gasteiger charge is -2.17. The second kappa shape index (κ2) is 6.86. The number of nitrogens with zero attached hydrogens (tertiary/aromatic N) is 1. The summed E-state index contributed by atoms with van der Waals surface area (Å²) in [5.74, 6) is 0.924. The summed E-state index contributed by atoms with van der Waals surface area (Å²) in [5, 5.41) is 6.63. The van der Waals surface area contributed by atoms with Crippen LogP contribution in [0.4, 0.5) is 0 Å². The van der Waals surface area contributed by atoms with E-state index in [1.54, 1.807) is 11.3 Å². The quantitative estimate of drug-likeness (QED) is 0.880. The third-order valence-corrected chi connectivity index (χ3v) is 4.02. The van der Waals surface area contributed by atoms with E-state index in [4.69, 9.17) is 4.74 Å². The Morgan fingerprint density at radius 1 is 1.35 bits per heavy atom. The van der Waals surface area contributed by atoms with Crippen LogP contribution in [0.2, 0.25) is 0 Å². The van der Waals surface area contributed by atoms with Crippen LogP contribution in [0.3, 0.4) is 0 Å². The van der Waals surface area contributed by atoms with E-state index < -0.39 is 0 Å². The molecule has 108 valence electrons. The van der Waals surface area contributed by atoms with E-state index in [-0.39, 0.29) is 12.1 Å². The normalized spacial score (nSPS) is 12.7. The third kappa shape index (κ3) is 4.05. The van der Waals surface area contributed by atoms with E-state index >= 15 is 0 Å². The molecule has 3 nitrogen and oxygen atoms in total. The number of hydrogen-bond donors (Lipinski definition) is 1. The van der Waals surface area contributed by atoms with Gasteiger partial charge in [-0.25, -0.2) is 4.98 Å². The first-order valence-electron chi connectivity index (χ1n) is 6.93. The van der Waals surface area contributed by atoms with Crippen LogP contribution < -0.4 is 10.1 Å². The molecule has 0 saturated carbocycles. The number of ether oxygens (including phenoxy) is 1. The van der Waals surface area contributed by atoms with Crippen LogP contribution in [-0.4, -0.2) is 18.1 Å². The van der Waals surface area contributed by atoms with Crippen LogP contribution in [0.25, 0.3) is 0 Å². The van der Waals surface area contributed by atoms with Crippen molar-refractivity contribution in [2.45, 2.75) is 39.3 Å². The molecule has 1 heterocycles. The van der Waals surface area contributed by atoms with Gasteiger partial charge in [-0.3, -0.25) is 0 Å². The zero-order valence-electron chi connectivity index (χ0n) is 12.5. The molecule has 2 rings (SSSR count). The zero-order chi connectivity index (χ0) is 14.5. The first kappa shape index (κ1) is 15.0. The van der Waals surface area contributed by atoms with Crippen molar-refractivity contribution in [3.8, 4) is 5.75 Å². The largest absolute Gasteiger partial charge is 0.491 e. The van der Waals surface area contributed by atoms with Crippen LogP contribution in [-0.2, 0) is 6.42 Å². The number of aryl methyl sites for hydroxylation is 1. The van der Waals surface area contributed by atoms with Crippen molar-refractivity contribution in [3.63, 3.8) is 0 Å². The van der Waals surface area contributed by atoms with E-state index in [9.17, 15) is 0 Å². The Hall–Kier alpha value is -1.39. The van der Waals surface area contributed by atoms with Crippen LogP contribution in [0.1, 0.15) is 36.2 Å². The topological polar surface area (TPSA) is 34.2 Å². The number of thiazole rings is 1. The second-order valence-corrected chi connectivity index (χ2v) is 6.11. The van der Waals surface area contributed by atoms with E-state index in [2.05, 4.69) is 27.8 Å². The molecule has 1 atom stereocenters. The summed E-state index contributed by atoms with van der Waals surface area (Å²) in [4.78, 5) is 4.54. The van der Waals surface area contributed by atoms with Crippen LogP contribution >= 0.6 is 11.3 Å². The van der Waals surface area contributed by atoms with Gasteiger partial charge in [0.05, 0.1) is 11.1 Å². The average molecular weight is 290 g/mol. The maximum absolute atomic E-state index is 5.76. The molecule has 0 aliphatic heterocycles. The van der Waals surface area contributed by atoms with Gasteiger partial charge < -0.3 is 10.1 Å². The van der Waals surface area contributed by atoms with Gasteiger partial charge in [0.1, 0.15) is 5.75 Å². The molecule has 0 fully saturated rings. The smallest absolute Gasteiger partial charge is 0.120 e. The first-order chi connectivity index (χ1) is 9.58. The number of nitrogens with one attached hydrogen (secondary N) is 1. The fourth-order valence-corrected chi connectivity index (χ4v) is 2.95. The average Bonchev–Trinajstić information content (AvgIpc) is 2.81. The number of hydrogen-bond acceptors (Lipinski definition) is 4. The number of rotatable bonds is 6. The maximum atomic E-state index is 5.76. The molecule has 0 saturated heterocycles. The van der Waals surface area contributed by atoms with Crippen molar-refractivity contribution < 1.29 is 4.74 Å². The van der Waals surface area contributed by atoms with Crippen molar-refractivity contribution in [2.24, 2.45) is 0 Å². The molecule has 0 radical (unpaired) electrons. The van der Waals surface area contributed by atoms with E-state index in [0.29, 0.717) is 0 Å². The SMILES string of the molecule is CNC(Cc1nc(C)cs1)c1cccc(OC(C)C)c1. The lowest BCUT2D eigenvalue weighted by molar-refractivity contribution is 0.242. The minimum absolute atomic E-state index is 0.194. The van der Waals surface area contributed by atoms with Gasteiger partial charge in [0.25, 0.3) is 0 Å². The molecule has 4 heteroatoms. The number of likely N-dealkylation sites (N-methyl/N-ethyl adjacent to an activating group) is 1. The fourth-order valence-electron chi connectivity index (χ4n) is 2.13. The second-order valence-electron chi connectivity index (χ2n) is 5.17. The molecule has 1 aromatic heterocycles. The molecular formula is C16H22N2OS. The summed E-state index contributed by atoms with van der Waals surface area (Å²) in [6, 6.07) is 8.56. The van der Waals surface area contributed by atoms with Crippen molar-refractivity contribution in [3.05, 3.63) is 45.9 Å². The highest BCUT2D eigenvalue weighted by atomic mass is 32.1. The van der Waals surface area contributed by atoms with Crippen molar-refractivity contribution in [1.82, 2.24) is 10.3 Å². The molecule has 0 amide bonds. The standard InChI is InChI=1S/C16H22N2OS/c1-11(2)19-14-7-5-6-13(8-14)15(17-4)9-16-18-12(3)10-20-16/h5-8,10-11,15,17H,9H2,1-4H3. The van der Waals surface area contributed by atoms with Crippen LogP contribution in [0.15, 0.2) is 29.6 Å². The van der Waals surface area contributed by atoms with Gasteiger partial charge in [-0.15, -0.1) is 11.3 Å². The monoisotopic (exact) mass is 290 g/mol. The molecule has 1 unspecified atom stereocenters. The molecule has 1 aromatic carbocycles. The molecule has 1 N–H and O–H groups in total. The Kier molecular flexibility index (Phi) is 5.15.